The molecule has 0 aliphatic heterocycles. The Balaban J connectivity index is 2.84. The molecule has 2 heteroatoms. The zero-order valence-electron chi connectivity index (χ0n) is 6.14. The number of rotatable bonds is 0. The Bertz CT molecular complexity index is 381. The van der Waals surface area contributed by atoms with Crippen LogP contribution in [0.15, 0.2) is 30.3 Å². The predicted molar refractivity (Wildman–Crippen MR) is 42.7 cm³/mol. The number of hydrogen-bond acceptors (Lipinski definition) is 0. The van der Waals surface area contributed by atoms with Gasteiger partial charge in [-0.2, -0.15) is 0 Å². The molecule has 0 saturated carbocycles. The standard InChI is InChI=1S/C10H5F2/c11-9-5-7-3-1-2-4-8(7)6-10(9)12/h1,3-6H. The van der Waals surface area contributed by atoms with Crippen LogP contribution in [0.2, 0.25) is 0 Å². The van der Waals surface area contributed by atoms with Crippen LogP contribution in [0.5, 0.6) is 0 Å². The third-order valence-corrected chi connectivity index (χ3v) is 1.72. The lowest BCUT2D eigenvalue weighted by atomic mass is 10.1. The van der Waals surface area contributed by atoms with Gasteiger partial charge in [0.1, 0.15) is 0 Å². The van der Waals surface area contributed by atoms with Gasteiger partial charge in [-0.05, 0) is 35.0 Å². The molecular weight excluding hydrogens is 158 g/mol. The minimum absolute atomic E-state index is 0.663. The molecule has 0 aromatic heterocycles. The monoisotopic (exact) mass is 163 g/mol. The lowest BCUT2D eigenvalue weighted by Crippen LogP contribution is -1.83. The second kappa shape index (κ2) is 2.55. The second-order valence-corrected chi connectivity index (χ2v) is 2.54. The van der Waals surface area contributed by atoms with E-state index in [9.17, 15) is 8.78 Å². The van der Waals surface area contributed by atoms with Crippen LogP contribution in [-0.4, -0.2) is 0 Å². The van der Waals surface area contributed by atoms with Crippen molar-refractivity contribution in [2.45, 2.75) is 0 Å². The number of fused-ring (bicyclic) bond motifs is 1. The highest BCUT2D eigenvalue weighted by Crippen LogP contribution is 2.17. The van der Waals surface area contributed by atoms with E-state index in [1.54, 1.807) is 18.2 Å². The van der Waals surface area contributed by atoms with E-state index in [0.29, 0.717) is 10.8 Å². The third-order valence-electron chi connectivity index (χ3n) is 1.72. The first-order valence-corrected chi connectivity index (χ1v) is 3.52. The van der Waals surface area contributed by atoms with Crippen molar-refractivity contribution in [1.82, 2.24) is 0 Å². The summed E-state index contributed by atoms with van der Waals surface area (Å²) in [5.74, 6) is -1.63. The van der Waals surface area contributed by atoms with Gasteiger partial charge in [-0.3, -0.25) is 0 Å². The Morgan fingerprint density at radius 2 is 1.67 bits per heavy atom. The van der Waals surface area contributed by atoms with Crippen molar-refractivity contribution in [3.8, 4) is 0 Å². The molecule has 12 heavy (non-hydrogen) atoms. The highest BCUT2D eigenvalue weighted by molar-refractivity contribution is 5.82. The SMILES string of the molecule is Fc1cc2c[c]ccc2cc1F. The molecule has 1 radical (unpaired) electrons. The smallest absolute Gasteiger partial charge is 0.159 e. The Labute approximate surface area is 68.4 Å². The number of halogens is 2. The zero-order chi connectivity index (χ0) is 8.55. The Kier molecular flexibility index (Phi) is 1.54. The first-order valence-electron chi connectivity index (χ1n) is 3.52. The maximum atomic E-state index is 12.7. The van der Waals surface area contributed by atoms with Crippen LogP contribution >= 0.6 is 0 Å². The predicted octanol–water partition coefficient (Wildman–Crippen LogP) is 2.92. The molecule has 0 aliphatic carbocycles. The van der Waals surface area contributed by atoms with E-state index < -0.39 is 11.6 Å². The first-order chi connectivity index (χ1) is 5.77. The summed E-state index contributed by atoms with van der Waals surface area (Å²) in [6.07, 6.45) is 0. The summed E-state index contributed by atoms with van der Waals surface area (Å²) >= 11 is 0. The maximum absolute atomic E-state index is 12.7. The molecule has 0 saturated heterocycles. The average Bonchev–Trinajstić information content (AvgIpc) is 2.07. The van der Waals surface area contributed by atoms with Crippen LogP contribution in [0, 0.1) is 17.7 Å². The van der Waals surface area contributed by atoms with Gasteiger partial charge in [0.05, 0.1) is 0 Å². The van der Waals surface area contributed by atoms with Gasteiger partial charge < -0.3 is 0 Å². The van der Waals surface area contributed by atoms with Crippen molar-refractivity contribution >= 4 is 10.8 Å². The van der Waals surface area contributed by atoms with Crippen LogP contribution in [0.4, 0.5) is 8.78 Å². The quantitative estimate of drug-likeness (QED) is 0.560. The largest absolute Gasteiger partial charge is 0.204 e. The molecule has 0 amide bonds. The van der Waals surface area contributed by atoms with E-state index in [2.05, 4.69) is 6.07 Å². The topological polar surface area (TPSA) is 0 Å². The molecule has 2 rings (SSSR count). The molecule has 2 aromatic rings. The first kappa shape index (κ1) is 7.22. The minimum atomic E-state index is -0.818. The molecule has 0 spiro atoms. The van der Waals surface area contributed by atoms with Gasteiger partial charge in [-0.25, -0.2) is 8.78 Å². The summed E-state index contributed by atoms with van der Waals surface area (Å²) < 4.78 is 25.3. The Morgan fingerprint density at radius 3 is 2.42 bits per heavy atom. The number of benzene rings is 2. The van der Waals surface area contributed by atoms with E-state index >= 15 is 0 Å². The fourth-order valence-electron chi connectivity index (χ4n) is 1.12. The van der Waals surface area contributed by atoms with Crippen LogP contribution in [0.1, 0.15) is 0 Å². The Hall–Kier alpha value is -1.44. The highest BCUT2D eigenvalue weighted by Gasteiger charge is 2.01. The number of hydrogen-bond donors (Lipinski definition) is 0. The van der Waals surface area contributed by atoms with Gasteiger partial charge in [0.2, 0.25) is 0 Å². The van der Waals surface area contributed by atoms with Crippen molar-refractivity contribution in [2.75, 3.05) is 0 Å². The minimum Gasteiger partial charge on any atom is -0.204 e. The summed E-state index contributed by atoms with van der Waals surface area (Å²) in [6.45, 7) is 0. The molecule has 0 N–H and O–H groups in total. The van der Waals surface area contributed by atoms with Gasteiger partial charge in [-0.1, -0.05) is 12.1 Å². The Morgan fingerprint density at radius 1 is 1.00 bits per heavy atom. The average molecular weight is 163 g/mol. The molecule has 0 nitrogen and oxygen atoms in total. The lowest BCUT2D eigenvalue weighted by Gasteiger charge is -1.97. The van der Waals surface area contributed by atoms with Crippen molar-refractivity contribution in [3.05, 3.63) is 48.0 Å². The van der Waals surface area contributed by atoms with E-state index in [-0.39, 0.29) is 0 Å². The molecular formula is C10H5F2. The van der Waals surface area contributed by atoms with E-state index in [4.69, 9.17) is 0 Å². The van der Waals surface area contributed by atoms with Crippen molar-refractivity contribution in [1.29, 1.82) is 0 Å². The van der Waals surface area contributed by atoms with E-state index in [1.807, 2.05) is 0 Å². The molecule has 0 unspecified atom stereocenters. The second-order valence-electron chi connectivity index (χ2n) is 2.54. The van der Waals surface area contributed by atoms with Crippen molar-refractivity contribution in [3.63, 3.8) is 0 Å². The van der Waals surface area contributed by atoms with E-state index in [1.165, 1.54) is 12.1 Å². The van der Waals surface area contributed by atoms with Crippen molar-refractivity contribution < 1.29 is 8.78 Å². The lowest BCUT2D eigenvalue weighted by molar-refractivity contribution is 0.511. The molecule has 0 atom stereocenters. The van der Waals surface area contributed by atoms with E-state index in [0.717, 1.165) is 0 Å². The molecule has 0 fully saturated rings. The molecule has 0 aliphatic rings. The van der Waals surface area contributed by atoms with Gasteiger partial charge in [-0.15, -0.1) is 0 Å². The van der Waals surface area contributed by atoms with Crippen LogP contribution in [-0.2, 0) is 0 Å². The molecule has 0 heterocycles. The molecule has 59 valence electrons. The fourth-order valence-corrected chi connectivity index (χ4v) is 1.12. The van der Waals surface area contributed by atoms with Crippen LogP contribution in [0.3, 0.4) is 0 Å². The van der Waals surface area contributed by atoms with Gasteiger partial charge in [0, 0.05) is 0 Å². The molecule has 2 aromatic carbocycles. The summed E-state index contributed by atoms with van der Waals surface area (Å²) in [7, 11) is 0. The third kappa shape index (κ3) is 1.05. The van der Waals surface area contributed by atoms with Crippen LogP contribution < -0.4 is 0 Å². The zero-order valence-corrected chi connectivity index (χ0v) is 6.14. The van der Waals surface area contributed by atoms with Crippen LogP contribution in [0.25, 0.3) is 10.8 Å². The summed E-state index contributed by atoms with van der Waals surface area (Å²) in [5.41, 5.74) is 0. The van der Waals surface area contributed by atoms with Gasteiger partial charge in [0.25, 0.3) is 0 Å². The summed E-state index contributed by atoms with van der Waals surface area (Å²) in [5, 5.41) is 1.35. The summed E-state index contributed by atoms with van der Waals surface area (Å²) in [4.78, 5) is 0. The fraction of sp³-hybridized carbons (Fsp3) is 0. The highest BCUT2D eigenvalue weighted by atomic mass is 19.2. The normalized spacial score (nSPS) is 10.5. The van der Waals surface area contributed by atoms with Gasteiger partial charge >= 0.3 is 0 Å². The van der Waals surface area contributed by atoms with Crippen molar-refractivity contribution in [2.24, 2.45) is 0 Å². The maximum Gasteiger partial charge on any atom is 0.159 e. The molecule has 0 bridgehead atoms. The van der Waals surface area contributed by atoms with Gasteiger partial charge in [0.15, 0.2) is 11.6 Å². The summed E-state index contributed by atoms with van der Waals surface area (Å²) in [6, 6.07) is 10.1.